The van der Waals surface area contributed by atoms with Crippen molar-refractivity contribution in [3.8, 4) is 0 Å². The summed E-state index contributed by atoms with van der Waals surface area (Å²) in [5, 5.41) is 9.55. The lowest BCUT2D eigenvalue weighted by molar-refractivity contribution is 0.198. The Bertz CT molecular complexity index is 401. The maximum absolute atomic E-state index is 9.55. The minimum absolute atomic E-state index is 0.426. The van der Waals surface area contributed by atoms with Gasteiger partial charge in [-0.2, -0.15) is 0 Å². The van der Waals surface area contributed by atoms with E-state index in [9.17, 15) is 5.11 Å². The largest absolute Gasteiger partial charge is 0.389 e. The minimum Gasteiger partial charge on any atom is -0.389 e. The molecule has 0 saturated heterocycles. The first kappa shape index (κ1) is 11.7. The van der Waals surface area contributed by atoms with Crippen LogP contribution < -0.4 is 4.90 Å². The van der Waals surface area contributed by atoms with Crippen LogP contribution in [0.1, 0.15) is 25.0 Å². The highest BCUT2D eigenvalue weighted by Gasteiger charge is 2.11. The topological polar surface area (TPSA) is 23.5 Å². The van der Waals surface area contributed by atoms with Crippen LogP contribution in [0, 0.1) is 0 Å². The van der Waals surface area contributed by atoms with Gasteiger partial charge in [0.2, 0.25) is 0 Å². The highest BCUT2D eigenvalue weighted by Crippen LogP contribution is 2.28. The summed E-state index contributed by atoms with van der Waals surface area (Å²) in [4.78, 5) is 2.33. The van der Waals surface area contributed by atoms with Crippen molar-refractivity contribution in [3.63, 3.8) is 0 Å². The van der Waals surface area contributed by atoms with E-state index < -0.39 is 6.10 Å². The maximum Gasteiger partial charge on any atom is 0.0772 e. The summed E-state index contributed by atoms with van der Waals surface area (Å²) < 4.78 is 0.981. The number of hydrogen-bond donors (Lipinski definition) is 1. The van der Waals surface area contributed by atoms with Crippen molar-refractivity contribution in [2.45, 2.75) is 19.4 Å². The van der Waals surface area contributed by atoms with Crippen LogP contribution in [0.15, 0.2) is 34.8 Å². The van der Waals surface area contributed by atoms with Gasteiger partial charge in [-0.3, -0.25) is 0 Å². The molecule has 1 unspecified atom stereocenters. The molecular weight excluding hydrogens is 266 g/mol. The summed E-state index contributed by atoms with van der Waals surface area (Å²) in [6.45, 7) is 3.82. The maximum atomic E-state index is 9.55. The van der Waals surface area contributed by atoms with E-state index in [1.807, 2.05) is 6.07 Å². The molecule has 1 aliphatic heterocycles. The molecule has 0 spiro atoms. The summed E-state index contributed by atoms with van der Waals surface area (Å²) in [5.41, 5.74) is 2.15. The standard InChI is InChI=1S/C13H16BrNO/c1-10(16)12-6-5-11(9-13(12)14)15-7-3-2-4-8-15/h2-3,5-6,9-10,16H,4,7-8H2,1H3. The zero-order chi connectivity index (χ0) is 11.5. The average molecular weight is 282 g/mol. The van der Waals surface area contributed by atoms with E-state index in [4.69, 9.17) is 0 Å². The molecule has 1 aliphatic rings. The van der Waals surface area contributed by atoms with E-state index in [0.717, 1.165) is 29.5 Å². The summed E-state index contributed by atoms with van der Waals surface area (Å²) in [5.74, 6) is 0. The molecule has 86 valence electrons. The molecule has 2 rings (SSSR count). The second kappa shape index (κ2) is 5.02. The molecular formula is C13H16BrNO. The summed E-state index contributed by atoms with van der Waals surface area (Å²) in [7, 11) is 0. The number of hydrogen-bond acceptors (Lipinski definition) is 2. The number of benzene rings is 1. The fraction of sp³-hybridized carbons (Fsp3) is 0.385. The van der Waals surface area contributed by atoms with Gasteiger partial charge in [0.15, 0.2) is 0 Å². The SMILES string of the molecule is CC(O)c1ccc(N2CC=CCC2)cc1Br. The molecule has 0 bridgehead atoms. The van der Waals surface area contributed by atoms with E-state index in [1.54, 1.807) is 6.92 Å². The van der Waals surface area contributed by atoms with Gasteiger partial charge in [-0.05, 0) is 31.0 Å². The lowest BCUT2D eigenvalue weighted by Crippen LogP contribution is -2.26. The number of aliphatic hydroxyl groups excluding tert-OH is 1. The minimum atomic E-state index is -0.426. The number of rotatable bonds is 2. The quantitative estimate of drug-likeness (QED) is 0.841. The van der Waals surface area contributed by atoms with Gasteiger partial charge < -0.3 is 10.0 Å². The van der Waals surface area contributed by atoms with Gasteiger partial charge in [-0.25, -0.2) is 0 Å². The Hall–Kier alpha value is -0.800. The second-order valence-corrected chi connectivity index (χ2v) is 4.94. The summed E-state index contributed by atoms with van der Waals surface area (Å²) in [6.07, 6.45) is 5.09. The van der Waals surface area contributed by atoms with Gasteiger partial charge in [0.25, 0.3) is 0 Å². The average Bonchev–Trinajstić information content (AvgIpc) is 2.29. The molecule has 16 heavy (non-hydrogen) atoms. The predicted octanol–water partition coefficient (Wildman–Crippen LogP) is 3.27. The third kappa shape index (κ3) is 2.47. The second-order valence-electron chi connectivity index (χ2n) is 4.09. The van der Waals surface area contributed by atoms with Gasteiger partial charge in [0, 0.05) is 23.2 Å². The predicted molar refractivity (Wildman–Crippen MR) is 70.7 cm³/mol. The van der Waals surface area contributed by atoms with Crippen LogP contribution in [0.25, 0.3) is 0 Å². The Morgan fingerprint density at radius 1 is 1.38 bits per heavy atom. The first-order valence-electron chi connectivity index (χ1n) is 5.56. The number of halogens is 1. The third-order valence-corrected chi connectivity index (χ3v) is 3.54. The molecule has 1 aromatic rings. The fourth-order valence-corrected chi connectivity index (χ4v) is 2.63. The van der Waals surface area contributed by atoms with Crippen LogP contribution in [0.5, 0.6) is 0 Å². The van der Waals surface area contributed by atoms with E-state index >= 15 is 0 Å². The molecule has 0 radical (unpaired) electrons. The lowest BCUT2D eigenvalue weighted by atomic mass is 10.1. The van der Waals surface area contributed by atoms with E-state index in [0.29, 0.717) is 0 Å². The van der Waals surface area contributed by atoms with Crippen molar-refractivity contribution in [1.29, 1.82) is 0 Å². The van der Waals surface area contributed by atoms with Gasteiger partial charge in [0.05, 0.1) is 6.10 Å². The van der Waals surface area contributed by atoms with Crippen molar-refractivity contribution in [2.24, 2.45) is 0 Å². The zero-order valence-electron chi connectivity index (χ0n) is 9.36. The number of nitrogens with zero attached hydrogens (tertiary/aromatic N) is 1. The first-order chi connectivity index (χ1) is 7.68. The molecule has 0 saturated carbocycles. The van der Waals surface area contributed by atoms with Gasteiger partial charge in [0.1, 0.15) is 0 Å². The van der Waals surface area contributed by atoms with Crippen molar-refractivity contribution in [3.05, 3.63) is 40.4 Å². The third-order valence-electron chi connectivity index (χ3n) is 2.86. The van der Waals surface area contributed by atoms with Crippen molar-refractivity contribution >= 4 is 21.6 Å². The fourth-order valence-electron chi connectivity index (χ4n) is 1.93. The normalized spacial score (nSPS) is 17.6. The Balaban J connectivity index is 2.23. The van der Waals surface area contributed by atoms with E-state index in [1.165, 1.54) is 5.69 Å². The Morgan fingerprint density at radius 2 is 2.19 bits per heavy atom. The van der Waals surface area contributed by atoms with Crippen LogP contribution in [0.4, 0.5) is 5.69 Å². The Kier molecular flexibility index (Phi) is 3.66. The number of aliphatic hydroxyl groups is 1. The first-order valence-corrected chi connectivity index (χ1v) is 6.35. The molecule has 1 N–H and O–H groups in total. The molecule has 0 aromatic heterocycles. The van der Waals surface area contributed by atoms with Crippen molar-refractivity contribution < 1.29 is 5.11 Å². The van der Waals surface area contributed by atoms with Gasteiger partial charge in [-0.1, -0.05) is 34.1 Å². The molecule has 1 heterocycles. The van der Waals surface area contributed by atoms with E-state index in [2.05, 4.69) is 45.1 Å². The van der Waals surface area contributed by atoms with Crippen LogP contribution in [0.3, 0.4) is 0 Å². The molecule has 1 atom stereocenters. The zero-order valence-corrected chi connectivity index (χ0v) is 10.9. The summed E-state index contributed by atoms with van der Waals surface area (Å²) in [6, 6.07) is 6.15. The molecule has 3 heteroatoms. The van der Waals surface area contributed by atoms with Crippen LogP contribution in [-0.4, -0.2) is 18.2 Å². The number of anilines is 1. The molecule has 0 fully saturated rings. The van der Waals surface area contributed by atoms with Crippen molar-refractivity contribution in [1.82, 2.24) is 0 Å². The molecule has 2 nitrogen and oxygen atoms in total. The summed E-state index contributed by atoms with van der Waals surface area (Å²) >= 11 is 3.51. The van der Waals surface area contributed by atoms with Crippen LogP contribution in [-0.2, 0) is 0 Å². The molecule has 1 aromatic carbocycles. The Labute approximate surface area is 105 Å². The van der Waals surface area contributed by atoms with Gasteiger partial charge >= 0.3 is 0 Å². The molecule has 0 aliphatic carbocycles. The van der Waals surface area contributed by atoms with Crippen LogP contribution >= 0.6 is 15.9 Å². The highest BCUT2D eigenvalue weighted by atomic mass is 79.9. The highest BCUT2D eigenvalue weighted by molar-refractivity contribution is 9.10. The lowest BCUT2D eigenvalue weighted by Gasteiger charge is -2.26. The van der Waals surface area contributed by atoms with Gasteiger partial charge in [-0.15, -0.1) is 0 Å². The van der Waals surface area contributed by atoms with Crippen LogP contribution in [0.2, 0.25) is 0 Å². The smallest absolute Gasteiger partial charge is 0.0772 e. The van der Waals surface area contributed by atoms with Crippen molar-refractivity contribution in [2.75, 3.05) is 18.0 Å². The Morgan fingerprint density at radius 3 is 2.75 bits per heavy atom. The van der Waals surface area contributed by atoms with E-state index in [-0.39, 0.29) is 0 Å². The molecule has 0 amide bonds. The monoisotopic (exact) mass is 281 g/mol.